The molecule has 0 aliphatic carbocycles. The summed E-state index contributed by atoms with van der Waals surface area (Å²) in [5.41, 5.74) is 1.01. The third kappa shape index (κ3) is 5.23. The van der Waals surface area contributed by atoms with Crippen LogP contribution in [-0.2, 0) is 17.9 Å². The highest BCUT2D eigenvalue weighted by molar-refractivity contribution is 7.16. The molecule has 0 radical (unpaired) electrons. The zero-order valence-corrected chi connectivity index (χ0v) is 15.1. The minimum atomic E-state index is -0.221. The molecule has 1 heterocycles. The molecule has 2 aromatic rings. The Labute approximate surface area is 146 Å². The molecule has 1 aromatic carbocycles. The van der Waals surface area contributed by atoms with Crippen LogP contribution >= 0.6 is 22.9 Å². The Morgan fingerprint density at radius 3 is 2.83 bits per heavy atom. The van der Waals surface area contributed by atoms with Gasteiger partial charge in [0.05, 0.1) is 17.5 Å². The lowest BCUT2D eigenvalue weighted by Gasteiger charge is -2.23. The van der Waals surface area contributed by atoms with Crippen LogP contribution < -0.4 is 10.1 Å². The number of halogens is 1. The molecule has 0 saturated heterocycles. The van der Waals surface area contributed by atoms with Crippen molar-refractivity contribution in [3.05, 3.63) is 51.2 Å². The summed E-state index contributed by atoms with van der Waals surface area (Å²) in [6.45, 7) is 3.08. The first-order chi connectivity index (χ1) is 11.0. The summed E-state index contributed by atoms with van der Waals surface area (Å²) in [5.74, 6) is 0.787. The van der Waals surface area contributed by atoms with Crippen LogP contribution in [0.1, 0.15) is 17.4 Å². The van der Waals surface area contributed by atoms with E-state index in [-0.39, 0.29) is 11.9 Å². The number of benzene rings is 1. The molecule has 23 heavy (non-hydrogen) atoms. The van der Waals surface area contributed by atoms with Crippen molar-refractivity contribution in [3.63, 3.8) is 0 Å². The van der Waals surface area contributed by atoms with Crippen molar-refractivity contribution in [2.24, 2.45) is 0 Å². The number of hydrogen-bond acceptors (Lipinski definition) is 4. The number of carbonyl (C=O) groups excluding carboxylic acids is 1. The van der Waals surface area contributed by atoms with E-state index in [9.17, 15) is 4.79 Å². The normalized spacial score (nSPS) is 12.2. The van der Waals surface area contributed by atoms with E-state index < -0.39 is 0 Å². The molecule has 0 aliphatic rings. The van der Waals surface area contributed by atoms with E-state index in [2.05, 4.69) is 5.32 Å². The lowest BCUT2D eigenvalue weighted by molar-refractivity contribution is -0.125. The third-order valence-corrected chi connectivity index (χ3v) is 4.89. The Morgan fingerprint density at radius 2 is 2.17 bits per heavy atom. The summed E-state index contributed by atoms with van der Waals surface area (Å²) in [4.78, 5) is 15.4. The van der Waals surface area contributed by atoms with Gasteiger partial charge in [-0.1, -0.05) is 23.7 Å². The number of thiophene rings is 1. The number of ether oxygens (including phenoxy) is 1. The van der Waals surface area contributed by atoms with Crippen LogP contribution in [0.25, 0.3) is 0 Å². The summed E-state index contributed by atoms with van der Waals surface area (Å²) >= 11 is 7.48. The predicted molar refractivity (Wildman–Crippen MR) is 95.1 cm³/mol. The number of methoxy groups -OCH3 is 1. The summed E-state index contributed by atoms with van der Waals surface area (Å²) in [7, 11) is 3.56. The number of rotatable bonds is 7. The maximum Gasteiger partial charge on any atom is 0.237 e. The Balaban J connectivity index is 1.86. The van der Waals surface area contributed by atoms with E-state index in [1.165, 1.54) is 11.3 Å². The van der Waals surface area contributed by atoms with E-state index >= 15 is 0 Å². The number of amides is 1. The monoisotopic (exact) mass is 352 g/mol. The topological polar surface area (TPSA) is 41.6 Å². The lowest BCUT2D eigenvalue weighted by Crippen LogP contribution is -2.42. The van der Waals surface area contributed by atoms with Gasteiger partial charge < -0.3 is 10.1 Å². The molecule has 124 valence electrons. The number of hydrogen-bond donors (Lipinski definition) is 1. The average molecular weight is 353 g/mol. The molecule has 1 N–H and O–H groups in total. The van der Waals surface area contributed by atoms with Gasteiger partial charge in [-0.2, -0.15) is 0 Å². The second-order valence-corrected chi connectivity index (χ2v) is 7.17. The minimum absolute atomic E-state index is 0.00188. The fourth-order valence-corrected chi connectivity index (χ4v) is 3.29. The molecular formula is C17H21ClN2O2S. The van der Waals surface area contributed by atoms with Gasteiger partial charge in [0.15, 0.2) is 0 Å². The summed E-state index contributed by atoms with van der Waals surface area (Å²) in [5, 5.41) is 2.96. The van der Waals surface area contributed by atoms with Gasteiger partial charge >= 0.3 is 0 Å². The fraction of sp³-hybridized carbons (Fsp3) is 0.353. The van der Waals surface area contributed by atoms with Crippen molar-refractivity contribution < 1.29 is 9.53 Å². The van der Waals surface area contributed by atoms with Gasteiger partial charge in [-0.3, -0.25) is 9.69 Å². The van der Waals surface area contributed by atoms with Crippen LogP contribution in [0.5, 0.6) is 5.75 Å². The van der Waals surface area contributed by atoms with Crippen molar-refractivity contribution >= 4 is 28.8 Å². The van der Waals surface area contributed by atoms with Crippen molar-refractivity contribution in [1.82, 2.24) is 10.2 Å². The van der Waals surface area contributed by atoms with Crippen LogP contribution in [0.15, 0.2) is 36.4 Å². The Morgan fingerprint density at radius 1 is 1.39 bits per heavy atom. The highest BCUT2D eigenvalue weighted by Gasteiger charge is 2.18. The van der Waals surface area contributed by atoms with E-state index in [1.807, 2.05) is 55.3 Å². The van der Waals surface area contributed by atoms with Crippen molar-refractivity contribution in [2.75, 3.05) is 14.2 Å². The van der Waals surface area contributed by atoms with Gasteiger partial charge in [0.25, 0.3) is 0 Å². The second kappa shape index (κ2) is 8.34. The van der Waals surface area contributed by atoms with Crippen molar-refractivity contribution in [1.29, 1.82) is 0 Å². The number of nitrogens with zero attached hydrogens (tertiary/aromatic N) is 1. The first kappa shape index (κ1) is 17.8. The summed E-state index contributed by atoms with van der Waals surface area (Å²) in [6.07, 6.45) is 0. The molecule has 1 atom stereocenters. The average Bonchev–Trinajstić information content (AvgIpc) is 2.96. The van der Waals surface area contributed by atoms with Crippen molar-refractivity contribution in [2.45, 2.75) is 26.1 Å². The van der Waals surface area contributed by atoms with Crippen LogP contribution in [0.3, 0.4) is 0 Å². The smallest absolute Gasteiger partial charge is 0.237 e. The molecular weight excluding hydrogens is 332 g/mol. The molecule has 0 aliphatic heterocycles. The summed E-state index contributed by atoms with van der Waals surface area (Å²) < 4.78 is 5.95. The SMILES string of the molecule is COc1cccc(CNC(=O)C(C)N(C)Cc2ccc(Cl)s2)c1. The zero-order valence-electron chi connectivity index (χ0n) is 13.5. The zero-order chi connectivity index (χ0) is 16.8. The molecule has 1 unspecified atom stereocenters. The van der Waals surface area contributed by atoms with Gasteiger partial charge in [0.1, 0.15) is 5.75 Å². The molecule has 1 amide bonds. The highest BCUT2D eigenvalue weighted by atomic mass is 35.5. The highest BCUT2D eigenvalue weighted by Crippen LogP contribution is 2.22. The van der Waals surface area contributed by atoms with Crippen LogP contribution in [0.2, 0.25) is 4.34 Å². The molecule has 4 nitrogen and oxygen atoms in total. The van der Waals surface area contributed by atoms with E-state index in [0.29, 0.717) is 13.1 Å². The second-order valence-electron chi connectivity index (χ2n) is 5.37. The van der Waals surface area contributed by atoms with E-state index in [0.717, 1.165) is 20.5 Å². The molecule has 1 aromatic heterocycles. The van der Waals surface area contributed by atoms with Crippen molar-refractivity contribution in [3.8, 4) is 5.75 Å². The van der Waals surface area contributed by atoms with E-state index in [4.69, 9.17) is 16.3 Å². The van der Waals surface area contributed by atoms with Gasteiger partial charge in [-0.15, -0.1) is 11.3 Å². The molecule has 0 spiro atoms. The van der Waals surface area contributed by atoms with Crippen LogP contribution in [0.4, 0.5) is 0 Å². The van der Waals surface area contributed by atoms with Gasteiger partial charge in [-0.25, -0.2) is 0 Å². The Bertz CT molecular complexity index is 660. The Hall–Kier alpha value is -1.56. The summed E-state index contributed by atoms with van der Waals surface area (Å²) in [6, 6.07) is 11.3. The first-order valence-electron chi connectivity index (χ1n) is 7.34. The van der Waals surface area contributed by atoms with Gasteiger partial charge in [0.2, 0.25) is 5.91 Å². The van der Waals surface area contributed by atoms with Crippen LogP contribution in [-0.4, -0.2) is 31.0 Å². The predicted octanol–water partition coefficient (Wildman–Crippen LogP) is 3.55. The van der Waals surface area contributed by atoms with Gasteiger partial charge in [-0.05, 0) is 43.8 Å². The third-order valence-electron chi connectivity index (χ3n) is 3.68. The van der Waals surface area contributed by atoms with Crippen LogP contribution in [0, 0.1) is 0 Å². The molecule has 0 bridgehead atoms. The lowest BCUT2D eigenvalue weighted by atomic mass is 10.2. The Kier molecular flexibility index (Phi) is 6.45. The molecule has 0 saturated carbocycles. The maximum atomic E-state index is 12.3. The molecule has 0 fully saturated rings. The minimum Gasteiger partial charge on any atom is -0.497 e. The van der Waals surface area contributed by atoms with Gasteiger partial charge in [0, 0.05) is 18.0 Å². The largest absolute Gasteiger partial charge is 0.497 e. The fourth-order valence-electron chi connectivity index (χ4n) is 2.14. The quantitative estimate of drug-likeness (QED) is 0.828. The molecule has 2 rings (SSSR count). The first-order valence-corrected chi connectivity index (χ1v) is 8.54. The maximum absolute atomic E-state index is 12.3. The number of likely N-dealkylation sites (N-methyl/N-ethyl adjacent to an activating group) is 1. The number of carbonyl (C=O) groups is 1. The van der Waals surface area contributed by atoms with E-state index in [1.54, 1.807) is 7.11 Å². The number of nitrogens with one attached hydrogen (secondary N) is 1. The molecule has 6 heteroatoms. The standard InChI is InChI=1S/C17H21ClN2O2S/c1-12(20(2)11-15-7-8-16(18)23-15)17(21)19-10-13-5-4-6-14(9-13)22-3/h4-9,12H,10-11H2,1-3H3,(H,19,21).